The van der Waals surface area contributed by atoms with E-state index in [0.29, 0.717) is 16.6 Å². The fourth-order valence-electron chi connectivity index (χ4n) is 1.63. The van der Waals surface area contributed by atoms with E-state index in [1.54, 1.807) is 26.2 Å². The zero-order chi connectivity index (χ0) is 16.1. The van der Waals surface area contributed by atoms with Crippen LogP contribution in [0.25, 0.3) is 0 Å². The van der Waals surface area contributed by atoms with Crippen LogP contribution in [0, 0.1) is 0 Å². The number of benzene rings is 1. The van der Waals surface area contributed by atoms with Crippen molar-refractivity contribution >= 4 is 35.3 Å². The first-order valence-electron chi connectivity index (χ1n) is 6.37. The summed E-state index contributed by atoms with van der Waals surface area (Å²) >= 11 is 1.14. The van der Waals surface area contributed by atoms with E-state index in [4.69, 9.17) is 16.2 Å². The molecule has 1 aromatic heterocycles. The number of methoxy groups -OCH3 is 1. The number of anilines is 3. The van der Waals surface area contributed by atoms with E-state index in [-0.39, 0.29) is 17.8 Å². The van der Waals surface area contributed by atoms with Crippen molar-refractivity contribution in [2.45, 2.75) is 17.3 Å². The van der Waals surface area contributed by atoms with E-state index < -0.39 is 5.25 Å². The van der Waals surface area contributed by atoms with Crippen LogP contribution >= 0.6 is 11.8 Å². The van der Waals surface area contributed by atoms with Crippen LogP contribution in [-0.4, -0.2) is 33.2 Å². The molecule has 8 nitrogen and oxygen atoms in total. The first kappa shape index (κ1) is 15.8. The van der Waals surface area contributed by atoms with Gasteiger partial charge in [0, 0.05) is 0 Å². The fourth-order valence-corrected chi connectivity index (χ4v) is 2.41. The highest BCUT2D eigenvalue weighted by Gasteiger charge is 2.18. The van der Waals surface area contributed by atoms with Crippen molar-refractivity contribution in [3.63, 3.8) is 0 Å². The molecule has 1 heterocycles. The van der Waals surface area contributed by atoms with Gasteiger partial charge in [0.05, 0.1) is 18.0 Å². The maximum absolute atomic E-state index is 12.2. The predicted molar refractivity (Wildman–Crippen MR) is 85.6 cm³/mol. The van der Waals surface area contributed by atoms with Gasteiger partial charge in [-0.15, -0.1) is 0 Å². The lowest BCUT2D eigenvalue weighted by Gasteiger charge is -2.13. The molecule has 0 aliphatic heterocycles. The third-order valence-electron chi connectivity index (χ3n) is 2.67. The van der Waals surface area contributed by atoms with Crippen LogP contribution in [0.3, 0.4) is 0 Å². The lowest BCUT2D eigenvalue weighted by atomic mass is 10.3. The van der Waals surface area contributed by atoms with Crippen molar-refractivity contribution < 1.29 is 9.53 Å². The summed E-state index contributed by atoms with van der Waals surface area (Å²) in [4.78, 5) is 23.8. The highest BCUT2D eigenvalue weighted by molar-refractivity contribution is 8.00. The summed E-state index contributed by atoms with van der Waals surface area (Å²) in [5.41, 5.74) is 11.6. The molecular formula is C13H16N6O2S. The topological polar surface area (TPSA) is 129 Å². The minimum atomic E-state index is -0.453. The fraction of sp³-hybridized carbons (Fsp3) is 0.231. The monoisotopic (exact) mass is 320 g/mol. The number of nitrogens with zero attached hydrogens (tertiary/aromatic N) is 3. The number of hydrogen-bond donors (Lipinski definition) is 3. The van der Waals surface area contributed by atoms with E-state index in [0.717, 1.165) is 11.8 Å². The van der Waals surface area contributed by atoms with Crippen LogP contribution < -0.4 is 21.5 Å². The van der Waals surface area contributed by atoms with Gasteiger partial charge in [-0.1, -0.05) is 23.9 Å². The molecule has 22 heavy (non-hydrogen) atoms. The standard InChI is InChI=1S/C13H16N6O2S/c1-7(22-13-18-11(14)17-12(15)19-13)10(20)16-8-5-3-4-6-9(8)21-2/h3-7H,1-2H3,(H,16,20)(H4,14,15,17,18,19). The molecule has 1 unspecified atom stereocenters. The number of thioether (sulfide) groups is 1. The van der Waals surface area contributed by atoms with E-state index in [9.17, 15) is 4.79 Å². The number of rotatable bonds is 5. The summed E-state index contributed by atoms with van der Waals surface area (Å²) < 4.78 is 5.19. The molecule has 0 saturated carbocycles. The Balaban J connectivity index is 2.06. The molecule has 5 N–H and O–H groups in total. The van der Waals surface area contributed by atoms with Crippen molar-refractivity contribution in [2.75, 3.05) is 23.9 Å². The molecule has 0 bridgehead atoms. The number of para-hydroxylation sites is 2. The van der Waals surface area contributed by atoms with Crippen LogP contribution in [-0.2, 0) is 4.79 Å². The van der Waals surface area contributed by atoms with Crippen LogP contribution in [0.1, 0.15) is 6.92 Å². The number of hydrogen-bond acceptors (Lipinski definition) is 8. The highest BCUT2D eigenvalue weighted by atomic mass is 32.2. The smallest absolute Gasteiger partial charge is 0.237 e. The molecule has 0 spiro atoms. The first-order valence-corrected chi connectivity index (χ1v) is 7.25. The van der Waals surface area contributed by atoms with E-state index in [2.05, 4.69) is 20.3 Å². The Morgan fingerprint density at radius 1 is 1.23 bits per heavy atom. The lowest BCUT2D eigenvalue weighted by Crippen LogP contribution is -2.23. The van der Waals surface area contributed by atoms with Gasteiger partial charge in [-0.05, 0) is 19.1 Å². The van der Waals surface area contributed by atoms with E-state index in [1.165, 1.54) is 0 Å². The number of nitrogens with two attached hydrogens (primary N) is 2. The van der Waals surface area contributed by atoms with Crippen molar-refractivity contribution in [2.24, 2.45) is 0 Å². The zero-order valence-corrected chi connectivity index (χ0v) is 12.9. The summed E-state index contributed by atoms with van der Waals surface area (Å²) in [6.45, 7) is 1.73. The molecule has 0 fully saturated rings. The summed E-state index contributed by atoms with van der Waals surface area (Å²) in [6.07, 6.45) is 0. The van der Waals surface area contributed by atoms with Crippen LogP contribution in [0.15, 0.2) is 29.4 Å². The van der Waals surface area contributed by atoms with E-state index >= 15 is 0 Å². The molecule has 1 atom stereocenters. The Hall–Kier alpha value is -2.55. The molecule has 9 heteroatoms. The lowest BCUT2D eigenvalue weighted by molar-refractivity contribution is -0.115. The molecule has 0 radical (unpaired) electrons. The largest absolute Gasteiger partial charge is 0.495 e. The number of carbonyl (C=O) groups excluding carboxylic acids is 1. The van der Waals surface area contributed by atoms with Crippen LogP contribution in [0.5, 0.6) is 5.75 Å². The SMILES string of the molecule is COc1ccccc1NC(=O)C(C)Sc1nc(N)nc(N)n1. The Bertz CT molecular complexity index is 661. The van der Waals surface area contributed by atoms with Gasteiger partial charge < -0.3 is 21.5 Å². The summed E-state index contributed by atoms with van der Waals surface area (Å²) in [5, 5.41) is 2.64. The van der Waals surface area contributed by atoms with Crippen molar-refractivity contribution in [3.05, 3.63) is 24.3 Å². The molecular weight excluding hydrogens is 304 g/mol. The molecule has 0 aliphatic carbocycles. The average molecular weight is 320 g/mol. The Kier molecular flexibility index (Phi) is 4.99. The van der Waals surface area contributed by atoms with Crippen molar-refractivity contribution in [1.82, 2.24) is 15.0 Å². The minimum absolute atomic E-state index is 0.0207. The predicted octanol–water partition coefficient (Wildman–Crippen LogP) is 1.16. The number of nitrogens with one attached hydrogen (secondary N) is 1. The summed E-state index contributed by atoms with van der Waals surface area (Å²) in [6, 6.07) is 7.15. The number of carbonyl (C=O) groups is 1. The molecule has 2 rings (SSSR count). The molecule has 2 aromatic rings. The second-order valence-corrected chi connectivity index (χ2v) is 5.59. The Morgan fingerprint density at radius 2 is 1.86 bits per heavy atom. The second-order valence-electron chi connectivity index (χ2n) is 4.28. The number of amides is 1. The number of ether oxygens (including phenoxy) is 1. The maximum Gasteiger partial charge on any atom is 0.237 e. The average Bonchev–Trinajstić information content (AvgIpc) is 2.46. The van der Waals surface area contributed by atoms with Crippen molar-refractivity contribution in [1.29, 1.82) is 0 Å². The normalized spacial score (nSPS) is 11.7. The molecule has 116 valence electrons. The van der Waals surface area contributed by atoms with Gasteiger partial charge in [0.1, 0.15) is 5.75 Å². The second kappa shape index (κ2) is 6.94. The molecule has 1 aromatic carbocycles. The van der Waals surface area contributed by atoms with Gasteiger partial charge in [-0.2, -0.15) is 15.0 Å². The van der Waals surface area contributed by atoms with Gasteiger partial charge in [-0.25, -0.2) is 0 Å². The van der Waals surface area contributed by atoms with Gasteiger partial charge in [0.15, 0.2) is 5.16 Å². The summed E-state index contributed by atoms with van der Waals surface area (Å²) in [5.74, 6) is 0.411. The Morgan fingerprint density at radius 3 is 2.50 bits per heavy atom. The molecule has 0 saturated heterocycles. The number of aromatic nitrogens is 3. The van der Waals surface area contributed by atoms with Gasteiger partial charge >= 0.3 is 0 Å². The molecule has 1 amide bonds. The van der Waals surface area contributed by atoms with Crippen LogP contribution in [0.2, 0.25) is 0 Å². The van der Waals surface area contributed by atoms with Gasteiger partial charge in [-0.3, -0.25) is 4.79 Å². The third-order valence-corrected chi connectivity index (χ3v) is 3.63. The van der Waals surface area contributed by atoms with Gasteiger partial charge in [0.2, 0.25) is 17.8 Å². The first-order chi connectivity index (χ1) is 10.5. The number of nitrogen functional groups attached to an aromatic ring is 2. The maximum atomic E-state index is 12.2. The van der Waals surface area contributed by atoms with E-state index in [1.807, 2.05) is 12.1 Å². The summed E-state index contributed by atoms with van der Waals surface area (Å²) in [7, 11) is 1.54. The quantitative estimate of drug-likeness (QED) is 0.700. The minimum Gasteiger partial charge on any atom is -0.495 e. The van der Waals surface area contributed by atoms with Crippen LogP contribution in [0.4, 0.5) is 17.6 Å². The zero-order valence-electron chi connectivity index (χ0n) is 12.1. The Labute approximate surface area is 131 Å². The molecule has 0 aliphatic rings. The third kappa shape index (κ3) is 3.98. The van der Waals surface area contributed by atoms with Gasteiger partial charge in [0.25, 0.3) is 0 Å². The highest BCUT2D eigenvalue weighted by Crippen LogP contribution is 2.26. The van der Waals surface area contributed by atoms with Crippen molar-refractivity contribution in [3.8, 4) is 5.75 Å².